The van der Waals surface area contributed by atoms with Gasteiger partial charge in [-0.2, -0.15) is 0 Å². The third-order valence-electron chi connectivity index (χ3n) is 5.72. The van der Waals surface area contributed by atoms with E-state index in [1.54, 1.807) is 7.11 Å². The molecular weight excluding hydrogens is 358 g/mol. The number of benzene rings is 1. The van der Waals surface area contributed by atoms with Crippen molar-refractivity contribution in [2.75, 3.05) is 46.4 Å². The number of primary amides is 1. The summed E-state index contributed by atoms with van der Waals surface area (Å²) in [6, 6.07) is 5.93. The van der Waals surface area contributed by atoms with Crippen molar-refractivity contribution in [3.05, 3.63) is 23.8 Å². The van der Waals surface area contributed by atoms with Crippen LogP contribution in [0.25, 0.3) is 0 Å². The van der Waals surface area contributed by atoms with Crippen LogP contribution in [0.5, 0.6) is 11.5 Å². The number of hydrogen-bond acceptors (Lipinski definition) is 6. The van der Waals surface area contributed by atoms with E-state index >= 15 is 0 Å². The van der Waals surface area contributed by atoms with E-state index < -0.39 is 6.10 Å². The molecule has 1 aromatic carbocycles. The average molecular weight is 392 g/mol. The number of carbonyl (C=O) groups excluding carboxylic acids is 1. The molecule has 0 aromatic heterocycles. The normalized spacial score (nSPS) is 20.2. The van der Waals surface area contributed by atoms with Crippen LogP contribution in [-0.2, 0) is 11.3 Å². The lowest BCUT2D eigenvalue weighted by molar-refractivity contribution is -0.123. The van der Waals surface area contributed by atoms with Gasteiger partial charge in [0.2, 0.25) is 5.91 Å². The minimum Gasteiger partial charge on any atom is -0.493 e. The number of amides is 1. The Labute approximate surface area is 167 Å². The number of aliphatic hydroxyl groups excluding tert-OH is 1. The van der Waals surface area contributed by atoms with Crippen LogP contribution in [0.2, 0.25) is 0 Å². The molecule has 2 aliphatic rings. The lowest BCUT2D eigenvalue weighted by Gasteiger charge is -2.30. The van der Waals surface area contributed by atoms with Crippen molar-refractivity contribution in [3.63, 3.8) is 0 Å². The van der Waals surface area contributed by atoms with Gasteiger partial charge in [0, 0.05) is 19.0 Å². The largest absolute Gasteiger partial charge is 0.493 e. The third-order valence-corrected chi connectivity index (χ3v) is 5.72. The first-order chi connectivity index (χ1) is 13.5. The zero-order valence-electron chi connectivity index (χ0n) is 16.8. The zero-order valence-corrected chi connectivity index (χ0v) is 16.8. The Morgan fingerprint density at radius 3 is 2.54 bits per heavy atom. The molecule has 0 spiro atoms. The van der Waals surface area contributed by atoms with Crippen molar-refractivity contribution in [1.82, 2.24) is 9.80 Å². The lowest BCUT2D eigenvalue weighted by Crippen LogP contribution is -2.38. The minimum absolute atomic E-state index is 0.00288. The highest BCUT2D eigenvalue weighted by Crippen LogP contribution is 2.29. The van der Waals surface area contributed by atoms with E-state index in [9.17, 15) is 9.90 Å². The number of aliphatic hydroxyl groups is 1. The zero-order chi connectivity index (χ0) is 19.9. The molecule has 0 unspecified atom stereocenters. The number of nitrogens with zero attached hydrogens (tertiary/aromatic N) is 2. The van der Waals surface area contributed by atoms with Crippen molar-refractivity contribution in [2.45, 2.75) is 38.3 Å². The van der Waals surface area contributed by atoms with Crippen LogP contribution in [-0.4, -0.2) is 73.4 Å². The fraction of sp³-hybridized carbons (Fsp3) is 0.667. The van der Waals surface area contributed by atoms with Crippen molar-refractivity contribution in [2.24, 2.45) is 11.7 Å². The van der Waals surface area contributed by atoms with E-state index in [4.69, 9.17) is 15.2 Å². The molecule has 0 aliphatic carbocycles. The van der Waals surface area contributed by atoms with E-state index in [0.29, 0.717) is 18.0 Å². The predicted octanol–water partition coefficient (Wildman–Crippen LogP) is 1.23. The minimum atomic E-state index is -0.515. The number of hydrogen-bond donors (Lipinski definition) is 2. The van der Waals surface area contributed by atoms with Gasteiger partial charge < -0.3 is 25.2 Å². The highest BCUT2D eigenvalue weighted by atomic mass is 16.5. The molecule has 2 aliphatic heterocycles. The Morgan fingerprint density at radius 2 is 1.89 bits per heavy atom. The Balaban J connectivity index is 1.53. The van der Waals surface area contributed by atoms with Gasteiger partial charge in [-0.3, -0.25) is 9.69 Å². The second kappa shape index (κ2) is 10.1. The number of rotatable bonds is 9. The molecule has 156 valence electrons. The summed E-state index contributed by atoms with van der Waals surface area (Å²) in [5.41, 5.74) is 6.54. The number of carbonyl (C=O) groups is 1. The average Bonchev–Trinajstić information content (AvgIpc) is 3.20. The highest BCUT2D eigenvalue weighted by molar-refractivity contribution is 5.76. The maximum absolute atomic E-state index is 11.3. The number of nitrogens with two attached hydrogens (primary N) is 1. The third kappa shape index (κ3) is 5.83. The molecule has 0 bridgehead atoms. The van der Waals surface area contributed by atoms with Gasteiger partial charge >= 0.3 is 0 Å². The SMILES string of the molecule is COc1ccc(CN2CCC(C(N)=O)CC2)cc1OC[C@@H](O)CN1CCCC1. The fourth-order valence-electron chi connectivity index (χ4n) is 4.07. The maximum Gasteiger partial charge on any atom is 0.220 e. The number of methoxy groups -OCH3 is 1. The summed E-state index contributed by atoms with van der Waals surface area (Å²) in [6.45, 7) is 5.54. The van der Waals surface area contributed by atoms with Gasteiger partial charge in [-0.1, -0.05) is 6.07 Å². The summed E-state index contributed by atoms with van der Waals surface area (Å²) in [4.78, 5) is 15.9. The van der Waals surface area contributed by atoms with Gasteiger partial charge in [0.15, 0.2) is 11.5 Å². The van der Waals surface area contributed by atoms with Crippen LogP contribution >= 0.6 is 0 Å². The molecule has 0 radical (unpaired) electrons. The number of piperidine rings is 1. The van der Waals surface area contributed by atoms with Crippen LogP contribution < -0.4 is 15.2 Å². The van der Waals surface area contributed by atoms with Crippen molar-refractivity contribution >= 4 is 5.91 Å². The lowest BCUT2D eigenvalue weighted by atomic mass is 9.96. The molecule has 2 heterocycles. The molecular formula is C21H33N3O4. The summed E-state index contributed by atoms with van der Waals surface area (Å²) >= 11 is 0. The van der Waals surface area contributed by atoms with Gasteiger partial charge in [-0.15, -0.1) is 0 Å². The monoisotopic (exact) mass is 391 g/mol. The van der Waals surface area contributed by atoms with Crippen LogP contribution in [0.4, 0.5) is 0 Å². The number of β-amino-alcohol motifs (C(OH)–C–C–N with tert-alkyl or cyclic N) is 1. The van der Waals surface area contributed by atoms with Gasteiger partial charge in [-0.25, -0.2) is 0 Å². The number of likely N-dealkylation sites (tertiary alicyclic amines) is 2. The predicted molar refractivity (Wildman–Crippen MR) is 107 cm³/mol. The van der Waals surface area contributed by atoms with Crippen LogP contribution in [0.3, 0.4) is 0 Å². The van der Waals surface area contributed by atoms with E-state index in [1.807, 2.05) is 18.2 Å². The van der Waals surface area contributed by atoms with Gasteiger partial charge in [0.05, 0.1) is 7.11 Å². The molecule has 1 atom stereocenters. The van der Waals surface area contributed by atoms with Gasteiger partial charge in [0.25, 0.3) is 0 Å². The van der Waals surface area contributed by atoms with E-state index in [1.165, 1.54) is 12.8 Å². The Morgan fingerprint density at radius 1 is 1.18 bits per heavy atom. The van der Waals surface area contributed by atoms with E-state index in [-0.39, 0.29) is 18.4 Å². The first-order valence-electron chi connectivity index (χ1n) is 10.3. The quantitative estimate of drug-likeness (QED) is 0.658. The summed E-state index contributed by atoms with van der Waals surface area (Å²) < 4.78 is 11.3. The first-order valence-corrected chi connectivity index (χ1v) is 10.3. The fourth-order valence-corrected chi connectivity index (χ4v) is 4.07. The van der Waals surface area contributed by atoms with E-state index in [2.05, 4.69) is 9.80 Å². The molecule has 2 saturated heterocycles. The smallest absolute Gasteiger partial charge is 0.220 e. The maximum atomic E-state index is 11.3. The Kier molecular flexibility index (Phi) is 7.53. The van der Waals surface area contributed by atoms with Crippen LogP contribution in [0.1, 0.15) is 31.2 Å². The molecule has 1 aromatic rings. The summed E-state index contributed by atoms with van der Waals surface area (Å²) in [6.07, 6.45) is 3.54. The second-order valence-electron chi connectivity index (χ2n) is 7.91. The second-order valence-corrected chi connectivity index (χ2v) is 7.91. The molecule has 28 heavy (non-hydrogen) atoms. The molecule has 2 fully saturated rings. The van der Waals surface area contributed by atoms with Gasteiger partial charge in [-0.05, 0) is 69.6 Å². The van der Waals surface area contributed by atoms with Crippen molar-refractivity contribution < 1.29 is 19.4 Å². The molecule has 0 saturated carbocycles. The van der Waals surface area contributed by atoms with Crippen molar-refractivity contribution in [3.8, 4) is 11.5 Å². The molecule has 3 rings (SSSR count). The Hall–Kier alpha value is -1.83. The highest BCUT2D eigenvalue weighted by Gasteiger charge is 2.23. The molecule has 3 N–H and O–H groups in total. The summed E-state index contributed by atoms with van der Waals surface area (Å²) in [5, 5.41) is 10.3. The Bertz CT molecular complexity index is 641. The van der Waals surface area contributed by atoms with Crippen LogP contribution in [0, 0.1) is 5.92 Å². The van der Waals surface area contributed by atoms with Gasteiger partial charge in [0.1, 0.15) is 12.7 Å². The summed E-state index contributed by atoms with van der Waals surface area (Å²) in [7, 11) is 1.62. The molecule has 1 amide bonds. The topological polar surface area (TPSA) is 88.3 Å². The molecule has 7 nitrogen and oxygen atoms in total. The first kappa shape index (κ1) is 20.9. The van der Waals surface area contributed by atoms with Crippen LogP contribution in [0.15, 0.2) is 18.2 Å². The standard InChI is InChI=1S/C21H33N3O4/c1-27-19-5-4-16(13-24-10-6-17(7-11-24)21(22)26)12-20(19)28-15-18(25)14-23-8-2-3-9-23/h4-5,12,17-18,25H,2-3,6-11,13-15H2,1H3,(H2,22,26)/t18-/m0/s1. The summed E-state index contributed by atoms with van der Waals surface area (Å²) in [5.74, 6) is 1.15. The van der Waals surface area contributed by atoms with Crippen molar-refractivity contribution in [1.29, 1.82) is 0 Å². The van der Waals surface area contributed by atoms with E-state index in [0.717, 1.165) is 51.1 Å². The number of ether oxygens (including phenoxy) is 2. The molecule has 7 heteroatoms.